The molecule has 0 aliphatic heterocycles. The molecule has 204 valence electrons. The third-order valence-corrected chi connectivity index (χ3v) is 10.5. The summed E-state index contributed by atoms with van der Waals surface area (Å²) in [4.78, 5) is 0. The minimum Gasteiger partial charge on any atom is -0.307 e. The number of thiophene rings is 1. The van der Waals surface area contributed by atoms with E-state index >= 15 is 0 Å². The molecule has 10 aromatic rings. The summed E-state index contributed by atoms with van der Waals surface area (Å²) in [5, 5.41) is 13.0. The van der Waals surface area contributed by atoms with Gasteiger partial charge in [-0.2, -0.15) is 0 Å². The van der Waals surface area contributed by atoms with Crippen LogP contribution < -0.4 is 0 Å². The van der Waals surface area contributed by atoms with Gasteiger partial charge in [0, 0.05) is 31.6 Å². The van der Waals surface area contributed by atoms with Crippen molar-refractivity contribution >= 4 is 85.6 Å². The SMILES string of the molecule is c1ccc2c(-c3ccc4c(c3)c3c5ccccc5c5c6ccccc6sc5c3n4-c3cccc4ccccc34)cccc2c1. The zero-order valence-corrected chi connectivity index (χ0v) is 24.6. The van der Waals surface area contributed by atoms with Crippen LogP contribution in [0.4, 0.5) is 0 Å². The van der Waals surface area contributed by atoms with Crippen molar-refractivity contribution in [3.63, 3.8) is 0 Å². The van der Waals surface area contributed by atoms with Crippen LogP contribution in [0.5, 0.6) is 0 Å². The molecule has 44 heavy (non-hydrogen) atoms. The van der Waals surface area contributed by atoms with Gasteiger partial charge in [-0.25, -0.2) is 0 Å². The number of benzene rings is 8. The van der Waals surface area contributed by atoms with Gasteiger partial charge in [-0.1, -0.05) is 127 Å². The Balaban J connectivity index is 1.46. The molecule has 2 heterocycles. The summed E-state index contributed by atoms with van der Waals surface area (Å²) < 4.78 is 5.21. The van der Waals surface area contributed by atoms with E-state index < -0.39 is 0 Å². The van der Waals surface area contributed by atoms with Crippen LogP contribution in [0.25, 0.3) is 91.1 Å². The van der Waals surface area contributed by atoms with Gasteiger partial charge in [0.25, 0.3) is 0 Å². The maximum absolute atomic E-state index is 2.55. The highest BCUT2D eigenvalue weighted by atomic mass is 32.1. The normalized spacial score (nSPS) is 12.1. The predicted octanol–water partition coefficient (Wildman–Crippen LogP) is 12.3. The van der Waals surface area contributed by atoms with Crippen molar-refractivity contribution in [3.05, 3.63) is 152 Å². The first kappa shape index (κ1) is 24.0. The lowest BCUT2D eigenvalue weighted by Crippen LogP contribution is -1.95. The molecule has 0 atom stereocenters. The molecule has 0 fully saturated rings. The van der Waals surface area contributed by atoms with Gasteiger partial charge in [-0.05, 0) is 62.3 Å². The molecule has 1 nitrogen and oxygen atoms in total. The second-order valence-corrected chi connectivity index (χ2v) is 12.7. The number of hydrogen-bond donors (Lipinski definition) is 0. The molecule has 8 aromatic carbocycles. The summed E-state index contributed by atoms with van der Waals surface area (Å²) in [6.07, 6.45) is 0. The lowest BCUT2D eigenvalue weighted by molar-refractivity contribution is 1.21. The Bertz CT molecular complexity index is 2770. The van der Waals surface area contributed by atoms with E-state index in [0.717, 1.165) is 0 Å². The van der Waals surface area contributed by atoms with Crippen molar-refractivity contribution in [2.24, 2.45) is 0 Å². The van der Waals surface area contributed by atoms with Crippen LogP contribution in [-0.4, -0.2) is 4.57 Å². The van der Waals surface area contributed by atoms with Crippen LogP contribution in [0.15, 0.2) is 152 Å². The summed E-state index contributed by atoms with van der Waals surface area (Å²) in [5.74, 6) is 0. The van der Waals surface area contributed by atoms with Gasteiger partial charge >= 0.3 is 0 Å². The molecular weight excluding hydrogens is 551 g/mol. The smallest absolute Gasteiger partial charge is 0.0726 e. The minimum absolute atomic E-state index is 1.22. The van der Waals surface area contributed by atoms with E-state index in [0.29, 0.717) is 0 Å². The molecule has 0 aliphatic rings. The quantitative estimate of drug-likeness (QED) is 0.193. The van der Waals surface area contributed by atoms with E-state index in [-0.39, 0.29) is 0 Å². The van der Waals surface area contributed by atoms with Gasteiger partial charge in [-0.15, -0.1) is 11.3 Å². The molecule has 10 rings (SSSR count). The summed E-state index contributed by atoms with van der Waals surface area (Å²) in [6, 6.07) is 55.8. The first-order valence-electron chi connectivity index (χ1n) is 15.1. The Morgan fingerprint density at radius 1 is 0.432 bits per heavy atom. The summed E-state index contributed by atoms with van der Waals surface area (Å²) in [6.45, 7) is 0. The van der Waals surface area contributed by atoms with Gasteiger partial charge in [0.15, 0.2) is 0 Å². The van der Waals surface area contributed by atoms with E-state index in [1.165, 1.54) is 91.1 Å². The molecule has 0 aliphatic carbocycles. The van der Waals surface area contributed by atoms with Crippen molar-refractivity contribution in [1.82, 2.24) is 4.57 Å². The fourth-order valence-electron chi connectivity index (χ4n) is 7.48. The lowest BCUT2D eigenvalue weighted by atomic mass is 9.95. The Morgan fingerprint density at radius 3 is 1.86 bits per heavy atom. The molecule has 0 amide bonds. The molecular formula is C42H25NS. The predicted molar refractivity (Wildman–Crippen MR) is 192 cm³/mol. The average Bonchev–Trinajstić information content (AvgIpc) is 3.64. The monoisotopic (exact) mass is 575 g/mol. The summed E-state index contributed by atoms with van der Waals surface area (Å²) in [5.41, 5.74) is 6.25. The van der Waals surface area contributed by atoms with E-state index in [9.17, 15) is 0 Å². The Morgan fingerprint density at radius 2 is 1.05 bits per heavy atom. The van der Waals surface area contributed by atoms with Crippen LogP contribution in [0.2, 0.25) is 0 Å². The highest BCUT2D eigenvalue weighted by Gasteiger charge is 2.23. The third kappa shape index (κ3) is 3.23. The molecule has 0 saturated carbocycles. The van der Waals surface area contributed by atoms with Gasteiger partial charge in [0.05, 0.1) is 21.4 Å². The summed E-state index contributed by atoms with van der Waals surface area (Å²) >= 11 is 1.92. The Hall–Kier alpha value is -5.44. The molecule has 0 spiro atoms. The molecule has 0 bridgehead atoms. The third-order valence-electron chi connectivity index (χ3n) is 9.35. The first-order valence-corrected chi connectivity index (χ1v) is 15.9. The fraction of sp³-hybridized carbons (Fsp3) is 0. The number of nitrogens with zero attached hydrogens (tertiary/aromatic N) is 1. The van der Waals surface area contributed by atoms with Crippen LogP contribution in [0, 0.1) is 0 Å². The fourth-order valence-corrected chi connectivity index (χ4v) is 8.73. The van der Waals surface area contributed by atoms with Gasteiger partial charge < -0.3 is 4.57 Å². The number of fused-ring (bicyclic) bond motifs is 12. The van der Waals surface area contributed by atoms with Crippen LogP contribution in [0.3, 0.4) is 0 Å². The van der Waals surface area contributed by atoms with E-state index in [2.05, 4.69) is 156 Å². The zero-order valence-electron chi connectivity index (χ0n) is 23.8. The van der Waals surface area contributed by atoms with Gasteiger partial charge in [0.1, 0.15) is 0 Å². The van der Waals surface area contributed by atoms with Gasteiger partial charge in [-0.3, -0.25) is 0 Å². The largest absolute Gasteiger partial charge is 0.307 e. The highest BCUT2D eigenvalue weighted by Crippen LogP contribution is 2.49. The van der Waals surface area contributed by atoms with Crippen molar-refractivity contribution < 1.29 is 0 Å². The second-order valence-electron chi connectivity index (χ2n) is 11.7. The van der Waals surface area contributed by atoms with Crippen LogP contribution in [-0.2, 0) is 0 Å². The van der Waals surface area contributed by atoms with Gasteiger partial charge in [0.2, 0.25) is 0 Å². The number of hydrogen-bond acceptors (Lipinski definition) is 1. The molecule has 0 saturated heterocycles. The molecule has 0 unspecified atom stereocenters. The average molecular weight is 576 g/mol. The number of rotatable bonds is 2. The second kappa shape index (κ2) is 9.03. The maximum atomic E-state index is 2.55. The Kier molecular flexibility index (Phi) is 4.94. The molecule has 2 aromatic heterocycles. The maximum Gasteiger partial charge on any atom is 0.0726 e. The first-order chi connectivity index (χ1) is 21.8. The summed E-state index contributed by atoms with van der Waals surface area (Å²) in [7, 11) is 0. The van der Waals surface area contributed by atoms with Crippen LogP contribution >= 0.6 is 11.3 Å². The van der Waals surface area contributed by atoms with E-state index in [4.69, 9.17) is 0 Å². The topological polar surface area (TPSA) is 4.93 Å². The highest BCUT2D eigenvalue weighted by molar-refractivity contribution is 7.27. The molecule has 0 radical (unpaired) electrons. The molecule has 2 heteroatoms. The van der Waals surface area contributed by atoms with Crippen molar-refractivity contribution in [2.45, 2.75) is 0 Å². The van der Waals surface area contributed by atoms with Crippen LogP contribution in [0.1, 0.15) is 0 Å². The Labute approximate surface area is 257 Å². The minimum atomic E-state index is 1.22. The van der Waals surface area contributed by atoms with Crippen molar-refractivity contribution in [3.8, 4) is 16.8 Å². The lowest BCUT2D eigenvalue weighted by Gasteiger charge is -2.13. The molecule has 0 N–H and O–H groups in total. The number of aromatic nitrogens is 1. The van der Waals surface area contributed by atoms with E-state index in [1.807, 2.05) is 11.3 Å². The van der Waals surface area contributed by atoms with Crippen molar-refractivity contribution in [1.29, 1.82) is 0 Å². The standard InChI is InChI=1S/C42H25NS/c1-3-15-29-26(11-1)13-9-20-30(29)28-23-24-37-35(25-28)39-32-17-5-6-18-33(32)40-34-19-7-8-22-38(34)44-42(40)41(39)43(37)36-21-10-14-27-12-2-4-16-31(27)36/h1-25H. The zero-order chi connectivity index (χ0) is 28.8. The van der Waals surface area contributed by atoms with E-state index in [1.54, 1.807) is 0 Å². The van der Waals surface area contributed by atoms with Crippen molar-refractivity contribution in [2.75, 3.05) is 0 Å².